The Kier molecular flexibility index (Phi) is 4.91. The first-order valence-corrected chi connectivity index (χ1v) is 4.56. The monoisotopic (exact) mass is 197 g/mol. The van der Waals surface area contributed by atoms with Crippen LogP contribution >= 0.6 is 24.4 Å². The van der Waals surface area contributed by atoms with Gasteiger partial charge in [-0.2, -0.15) is 12.6 Å². The molecule has 0 aliphatic carbocycles. The van der Waals surface area contributed by atoms with Gasteiger partial charge in [0.15, 0.2) is 4.87 Å². The molecule has 0 rings (SSSR count). The molecule has 6 heteroatoms. The minimum atomic E-state index is -1.37. The van der Waals surface area contributed by atoms with Crippen LogP contribution in [0.1, 0.15) is 0 Å². The summed E-state index contributed by atoms with van der Waals surface area (Å²) in [7, 11) is 0. The van der Waals surface area contributed by atoms with Crippen LogP contribution < -0.4 is 5.73 Å². The van der Waals surface area contributed by atoms with Crippen molar-refractivity contribution < 1.29 is 15.0 Å². The standard InChI is InChI=1S/C5H11NO3S2/c6-5(3-10,4(8)9)11-2-1-7/h7,10H,1-3,6H2,(H,8,9). The zero-order chi connectivity index (χ0) is 8.91. The highest BCUT2D eigenvalue weighted by Gasteiger charge is 2.32. The minimum absolute atomic E-state index is 0.0486. The van der Waals surface area contributed by atoms with Gasteiger partial charge in [-0.1, -0.05) is 0 Å². The second-order valence-electron chi connectivity index (χ2n) is 1.92. The summed E-state index contributed by atoms with van der Waals surface area (Å²) in [5, 5.41) is 17.0. The number of rotatable bonds is 5. The summed E-state index contributed by atoms with van der Waals surface area (Å²) in [6.07, 6.45) is 0. The molecule has 0 radical (unpaired) electrons. The van der Waals surface area contributed by atoms with Crippen molar-refractivity contribution in [3.63, 3.8) is 0 Å². The van der Waals surface area contributed by atoms with E-state index < -0.39 is 10.8 Å². The Morgan fingerprint density at radius 1 is 1.73 bits per heavy atom. The highest BCUT2D eigenvalue weighted by Crippen LogP contribution is 2.20. The van der Waals surface area contributed by atoms with Gasteiger partial charge in [0, 0.05) is 11.5 Å². The maximum absolute atomic E-state index is 10.5. The molecule has 0 aliphatic rings. The Hall–Kier alpha value is 0.0900. The second-order valence-corrected chi connectivity index (χ2v) is 3.67. The Bertz CT molecular complexity index is 144. The van der Waals surface area contributed by atoms with Crippen LogP contribution in [0.25, 0.3) is 0 Å². The number of aliphatic hydroxyl groups excluding tert-OH is 1. The molecule has 0 bridgehead atoms. The predicted octanol–water partition coefficient (Wildman–Crippen LogP) is -0.619. The first-order chi connectivity index (χ1) is 5.06. The fraction of sp³-hybridized carbons (Fsp3) is 0.800. The molecule has 0 heterocycles. The van der Waals surface area contributed by atoms with Crippen LogP contribution in [0.2, 0.25) is 0 Å². The van der Waals surface area contributed by atoms with Gasteiger partial charge in [-0.05, 0) is 0 Å². The summed E-state index contributed by atoms with van der Waals surface area (Å²) in [4.78, 5) is 9.11. The average Bonchev–Trinajstić information content (AvgIpc) is 2.00. The fourth-order valence-electron chi connectivity index (χ4n) is 0.403. The van der Waals surface area contributed by atoms with E-state index in [1.165, 1.54) is 0 Å². The number of carbonyl (C=O) groups is 1. The maximum atomic E-state index is 10.5. The summed E-state index contributed by atoms with van der Waals surface area (Å²) in [5.74, 6) is -0.748. The third kappa shape index (κ3) is 3.33. The molecule has 0 spiro atoms. The number of aliphatic carboxylic acids is 1. The van der Waals surface area contributed by atoms with Crippen molar-refractivity contribution in [2.24, 2.45) is 5.73 Å². The molecule has 1 atom stereocenters. The Morgan fingerprint density at radius 2 is 2.27 bits per heavy atom. The van der Waals surface area contributed by atoms with Gasteiger partial charge in [0.2, 0.25) is 0 Å². The Labute approximate surface area is 74.6 Å². The van der Waals surface area contributed by atoms with E-state index in [0.717, 1.165) is 11.8 Å². The van der Waals surface area contributed by atoms with Crippen molar-refractivity contribution in [2.75, 3.05) is 18.1 Å². The van der Waals surface area contributed by atoms with Gasteiger partial charge < -0.3 is 15.9 Å². The lowest BCUT2D eigenvalue weighted by molar-refractivity contribution is -0.139. The van der Waals surface area contributed by atoms with E-state index in [2.05, 4.69) is 12.6 Å². The Morgan fingerprint density at radius 3 is 2.55 bits per heavy atom. The number of thioether (sulfide) groups is 1. The lowest BCUT2D eigenvalue weighted by Gasteiger charge is -2.20. The molecule has 4 nitrogen and oxygen atoms in total. The number of carboxylic acid groups (broad SMARTS) is 1. The van der Waals surface area contributed by atoms with E-state index in [4.69, 9.17) is 15.9 Å². The lowest BCUT2D eigenvalue weighted by Crippen LogP contribution is -2.47. The highest BCUT2D eigenvalue weighted by atomic mass is 32.2. The molecule has 0 aromatic heterocycles. The summed E-state index contributed by atoms with van der Waals surface area (Å²) in [6, 6.07) is 0. The van der Waals surface area contributed by atoms with E-state index in [0.29, 0.717) is 5.75 Å². The molecule has 0 saturated heterocycles. The van der Waals surface area contributed by atoms with Crippen LogP contribution in [-0.4, -0.2) is 39.2 Å². The lowest BCUT2D eigenvalue weighted by atomic mass is 10.4. The van der Waals surface area contributed by atoms with Gasteiger partial charge >= 0.3 is 5.97 Å². The molecule has 0 aromatic rings. The van der Waals surface area contributed by atoms with Crippen molar-refractivity contribution in [1.82, 2.24) is 0 Å². The molecule has 0 fully saturated rings. The van der Waals surface area contributed by atoms with Crippen LogP contribution in [0.4, 0.5) is 0 Å². The fourth-order valence-corrected chi connectivity index (χ4v) is 1.48. The van der Waals surface area contributed by atoms with Gasteiger partial charge in [-0.15, -0.1) is 11.8 Å². The van der Waals surface area contributed by atoms with Crippen LogP contribution in [0.15, 0.2) is 0 Å². The van der Waals surface area contributed by atoms with E-state index >= 15 is 0 Å². The number of aliphatic hydroxyl groups is 1. The van der Waals surface area contributed by atoms with Gasteiger partial charge in [0.25, 0.3) is 0 Å². The molecular weight excluding hydrogens is 186 g/mol. The molecule has 1 unspecified atom stereocenters. The van der Waals surface area contributed by atoms with Gasteiger partial charge in [-0.25, -0.2) is 4.79 Å². The van der Waals surface area contributed by atoms with E-state index in [-0.39, 0.29) is 12.4 Å². The number of nitrogens with two attached hydrogens (primary N) is 1. The van der Waals surface area contributed by atoms with Gasteiger partial charge in [0.05, 0.1) is 6.61 Å². The molecule has 0 aromatic carbocycles. The maximum Gasteiger partial charge on any atom is 0.335 e. The molecular formula is C5H11NO3S2. The third-order valence-corrected chi connectivity index (χ3v) is 2.98. The van der Waals surface area contributed by atoms with Crippen LogP contribution in [0.5, 0.6) is 0 Å². The van der Waals surface area contributed by atoms with E-state index in [9.17, 15) is 4.79 Å². The van der Waals surface area contributed by atoms with Gasteiger partial charge in [-0.3, -0.25) is 0 Å². The second kappa shape index (κ2) is 4.87. The molecule has 0 amide bonds. The zero-order valence-electron chi connectivity index (χ0n) is 5.86. The average molecular weight is 197 g/mol. The molecule has 0 saturated carbocycles. The largest absolute Gasteiger partial charge is 0.479 e. The molecule has 66 valence electrons. The van der Waals surface area contributed by atoms with E-state index in [1.54, 1.807) is 0 Å². The van der Waals surface area contributed by atoms with Crippen LogP contribution in [0.3, 0.4) is 0 Å². The topological polar surface area (TPSA) is 83.5 Å². The summed E-state index contributed by atoms with van der Waals surface area (Å²) < 4.78 is 0. The van der Waals surface area contributed by atoms with Crippen LogP contribution in [-0.2, 0) is 4.79 Å². The number of carboxylic acids is 1. The third-order valence-electron chi connectivity index (χ3n) is 1.05. The quantitative estimate of drug-likeness (QED) is 0.349. The first-order valence-electron chi connectivity index (χ1n) is 2.95. The van der Waals surface area contributed by atoms with E-state index in [1.807, 2.05) is 0 Å². The van der Waals surface area contributed by atoms with Crippen molar-refractivity contribution in [3.05, 3.63) is 0 Å². The van der Waals surface area contributed by atoms with Crippen LogP contribution in [0, 0.1) is 0 Å². The normalized spacial score (nSPS) is 15.9. The summed E-state index contributed by atoms with van der Waals surface area (Å²) in [6.45, 7) is -0.0787. The summed E-state index contributed by atoms with van der Waals surface area (Å²) >= 11 is 4.79. The van der Waals surface area contributed by atoms with Gasteiger partial charge in [0.1, 0.15) is 0 Å². The smallest absolute Gasteiger partial charge is 0.335 e. The number of hydrogen-bond acceptors (Lipinski definition) is 5. The highest BCUT2D eigenvalue weighted by molar-refractivity contribution is 8.02. The van der Waals surface area contributed by atoms with Crippen molar-refractivity contribution >= 4 is 30.4 Å². The molecule has 11 heavy (non-hydrogen) atoms. The number of thiol groups is 1. The predicted molar refractivity (Wildman–Crippen MR) is 48.0 cm³/mol. The molecule has 4 N–H and O–H groups in total. The first kappa shape index (κ1) is 11.1. The SMILES string of the molecule is NC(CS)(SCCO)C(=O)O. The summed E-state index contributed by atoms with van der Waals surface area (Å²) in [5.41, 5.74) is 5.40. The zero-order valence-corrected chi connectivity index (χ0v) is 7.57. The minimum Gasteiger partial charge on any atom is -0.479 e. The molecule has 0 aliphatic heterocycles. The Balaban J connectivity index is 3.99. The van der Waals surface area contributed by atoms with Crippen molar-refractivity contribution in [3.8, 4) is 0 Å². The number of hydrogen-bond donors (Lipinski definition) is 4. The van der Waals surface area contributed by atoms with Crippen molar-refractivity contribution in [2.45, 2.75) is 4.87 Å². The van der Waals surface area contributed by atoms with Crippen molar-refractivity contribution in [1.29, 1.82) is 0 Å².